The molecule has 4 N–H and O–H groups in total. The Balaban J connectivity index is 4.53. The summed E-state index contributed by atoms with van der Waals surface area (Å²) in [5.74, 6) is -2.46. The molecule has 0 aliphatic rings. The molecule has 0 aliphatic heterocycles. The number of carboxylic acid groups (broad SMARTS) is 1. The molecule has 0 aromatic carbocycles. The van der Waals surface area contributed by atoms with E-state index in [4.69, 9.17) is 24.8 Å². The normalized spacial score (nSPS) is 14.4. The molecule has 0 saturated heterocycles. The van der Waals surface area contributed by atoms with E-state index in [0.29, 0.717) is 19.3 Å². The molecular weight excluding hydrogens is 685 g/mol. The zero-order valence-corrected chi connectivity index (χ0v) is 33.0. The maximum Gasteiger partial charge on any atom is 0.472 e. The largest absolute Gasteiger partial charge is 0.480 e. The van der Waals surface area contributed by atoms with Crippen LogP contribution in [0.5, 0.6) is 0 Å². The van der Waals surface area contributed by atoms with Gasteiger partial charge in [-0.15, -0.1) is 0 Å². The SMILES string of the molecule is CCCCC/C=C/C/C=C/C/C=C/C/C=C/CCCC(=O)O[C@@H](COC(=O)CCCCCCCCCCCCC)COP(=O)(O)OC[C@H](N)C(=O)O. The highest BCUT2D eigenvalue weighted by Gasteiger charge is 2.28. The lowest BCUT2D eigenvalue weighted by molar-refractivity contribution is -0.161. The Kier molecular flexibility index (Phi) is 33.7. The fourth-order valence-corrected chi connectivity index (χ4v) is 5.72. The summed E-state index contributed by atoms with van der Waals surface area (Å²) < 4.78 is 32.5. The third-order valence-corrected chi connectivity index (χ3v) is 9.03. The number of hydrogen-bond acceptors (Lipinski definition) is 9. The molecule has 0 bridgehead atoms. The standard InChI is InChI=1S/C40H70NO10P/c1-3-5-7-9-11-13-15-16-17-18-19-20-22-24-26-28-30-32-39(43)51-36(34-49-52(46,47)50-35-37(41)40(44)45)33-48-38(42)31-29-27-25-23-21-14-12-10-8-6-4-2/h11,13,16-17,19-20,24,26,36-37H,3-10,12,14-15,18,21-23,25,27-35,41H2,1-2H3,(H,44,45)(H,46,47)/b13-11+,17-16+,20-19+,26-24+/t36-,37-/m0/s1. The summed E-state index contributed by atoms with van der Waals surface area (Å²) in [6.07, 6.45) is 37.6. The summed E-state index contributed by atoms with van der Waals surface area (Å²) in [4.78, 5) is 45.7. The number of aliphatic carboxylic acids is 1. The summed E-state index contributed by atoms with van der Waals surface area (Å²) >= 11 is 0. The van der Waals surface area contributed by atoms with Gasteiger partial charge in [0.1, 0.15) is 12.6 Å². The van der Waals surface area contributed by atoms with Gasteiger partial charge >= 0.3 is 25.7 Å². The first-order chi connectivity index (χ1) is 25.1. The molecular formula is C40H70NO10P. The molecule has 0 aliphatic carbocycles. The Hall–Kier alpha value is -2.56. The molecule has 1 unspecified atom stereocenters. The Labute approximate surface area is 314 Å². The van der Waals surface area contributed by atoms with E-state index in [0.717, 1.165) is 44.9 Å². The Morgan fingerprint density at radius 3 is 1.58 bits per heavy atom. The summed E-state index contributed by atoms with van der Waals surface area (Å²) in [6.45, 7) is 2.69. The smallest absolute Gasteiger partial charge is 0.472 e. The number of ether oxygens (including phenoxy) is 2. The number of phosphoric acid groups is 1. The van der Waals surface area contributed by atoms with Crippen LogP contribution in [0.15, 0.2) is 48.6 Å². The lowest BCUT2D eigenvalue weighted by Gasteiger charge is -2.20. The van der Waals surface area contributed by atoms with Crippen LogP contribution in [0.25, 0.3) is 0 Å². The zero-order chi connectivity index (χ0) is 38.5. The third kappa shape index (κ3) is 34.5. The van der Waals surface area contributed by atoms with E-state index in [1.54, 1.807) is 0 Å². The van der Waals surface area contributed by atoms with Gasteiger partial charge in [-0.05, 0) is 51.4 Å². The Morgan fingerprint density at radius 1 is 0.596 bits per heavy atom. The molecule has 0 rings (SSSR count). The second-order valence-electron chi connectivity index (χ2n) is 13.1. The van der Waals surface area contributed by atoms with Gasteiger partial charge in [0.15, 0.2) is 6.10 Å². The molecule has 0 aromatic rings. The number of carbonyl (C=O) groups is 3. The summed E-state index contributed by atoms with van der Waals surface area (Å²) in [5, 5.41) is 8.86. The molecule has 52 heavy (non-hydrogen) atoms. The molecule has 0 aromatic heterocycles. The number of phosphoric ester groups is 1. The van der Waals surface area contributed by atoms with Crippen molar-refractivity contribution < 1.29 is 47.5 Å². The minimum Gasteiger partial charge on any atom is -0.480 e. The number of esters is 2. The van der Waals surface area contributed by atoms with Crippen LogP contribution in [-0.2, 0) is 37.5 Å². The fraction of sp³-hybridized carbons (Fsp3) is 0.725. The van der Waals surface area contributed by atoms with Gasteiger partial charge in [0.05, 0.1) is 13.2 Å². The number of carboxylic acids is 1. The van der Waals surface area contributed by atoms with Crippen molar-refractivity contribution in [2.24, 2.45) is 5.73 Å². The summed E-state index contributed by atoms with van der Waals surface area (Å²) in [6, 6.07) is -1.53. The number of hydrogen-bond donors (Lipinski definition) is 3. The van der Waals surface area contributed by atoms with E-state index in [-0.39, 0.29) is 19.4 Å². The molecule has 0 saturated carbocycles. The van der Waals surface area contributed by atoms with Crippen molar-refractivity contribution in [2.75, 3.05) is 19.8 Å². The predicted octanol–water partition coefficient (Wildman–Crippen LogP) is 9.83. The van der Waals surface area contributed by atoms with Crippen molar-refractivity contribution in [3.8, 4) is 0 Å². The molecule has 0 radical (unpaired) electrons. The van der Waals surface area contributed by atoms with Crippen LogP contribution in [0.4, 0.5) is 0 Å². The van der Waals surface area contributed by atoms with Crippen molar-refractivity contribution in [1.82, 2.24) is 0 Å². The molecule has 300 valence electrons. The maximum atomic E-state index is 12.5. The first kappa shape index (κ1) is 49.4. The lowest BCUT2D eigenvalue weighted by atomic mass is 10.1. The highest BCUT2D eigenvalue weighted by atomic mass is 31.2. The number of carbonyl (C=O) groups excluding carboxylic acids is 2. The highest BCUT2D eigenvalue weighted by Crippen LogP contribution is 2.43. The highest BCUT2D eigenvalue weighted by molar-refractivity contribution is 7.47. The van der Waals surface area contributed by atoms with Crippen molar-refractivity contribution in [2.45, 2.75) is 167 Å². The molecule has 12 heteroatoms. The van der Waals surface area contributed by atoms with Crippen LogP contribution >= 0.6 is 7.82 Å². The van der Waals surface area contributed by atoms with Crippen LogP contribution < -0.4 is 5.73 Å². The average Bonchev–Trinajstić information content (AvgIpc) is 3.12. The van der Waals surface area contributed by atoms with E-state index in [9.17, 15) is 23.8 Å². The number of nitrogens with two attached hydrogens (primary N) is 1. The van der Waals surface area contributed by atoms with Crippen LogP contribution in [0, 0.1) is 0 Å². The molecule has 11 nitrogen and oxygen atoms in total. The fourth-order valence-electron chi connectivity index (χ4n) is 4.94. The second-order valence-corrected chi connectivity index (χ2v) is 14.5. The summed E-state index contributed by atoms with van der Waals surface area (Å²) in [5.41, 5.74) is 5.31. The van der Waals surface area contributed by atoms with Gasteiger partial charge in [0.2, 0.25) is 0 Å². The first-order valence-corrected chi connectivity index (χ1v) is 21.2. The van der Waals surface area contributed by atoms with Gasteiger partial charge in [0, 0.05) is 12.8 Å². The number of rotatable bonds is 36. The number of unbranched alkanes of at least 4 members (excludes halogenated alkanes) is 14. The van der Waals surface area contributed by atoms with E-state index in [1.165, 1.54) is 64.2 Å². The van der Waals surface area contributed by atoms with Crippen molar-refractivity contribution in [1.29, 1.82) is 0 Å². The monoisotopic (exact) mass is 755 g/mol. The van der Waals surface area contributed by atoms with E-state index >= 15 is 0 Å². The Morgan fingerprint density at radius 2 is 1.04 bits per heavy atom. The van der Waals surface area contributed by atoms with Crippen molar-refractivity contribution in [3.05, 3.63) is 48.6 Å². The molecule has 0 amide bonds. The lowest BCUT2D eigenvalue weighted by Crippen LogP contribution is -2.34. The summed E-state index contributed by atoms with van der Waals surface area (Å²) in [7, 11) is -4.72. The van der Waals surface area contributed by atoms with E-state index < -0.39 is 51.1 Å². The van der Waals surface area contributed by atoms with Gasteiger partial charge < -0.3 is 25.2 Å². The van der Waals surface area contributed by atoms with Gasteiger partial charge in [-0.25, -0.2) is 4.57 Å². The van der Waals surface area contributed by atoms with Crippen LogP contribution in [0.2, 0.25) is 0 Å². The van der Waals surface area contributed by atoms with E-state index in [2.05, 4.69) is 54.8 Å². The van der Waals surface area contributed by atoms with Gasteiger partial charge in [-0.1, -0.05) is 140 Å². The van der Waals surface area contributed by atoms with Crippen molar-refractivity contribution >= 4 is 25.7 Å². The molecule has 3 atom stereocenters. The zero-order valence-electron chi connectivity index (χ0n) is 32.1. The molecule has 0 heterocycles. The number of allylic oxidation sites excluding steroid dienone is 8. The minimum absolute atomic E-state index is 0.0853. The second kappa shape index (κ2) is 35.5. The predicted molar refractivity (Wildman–Crippen MR) is 208 cm³/mol. The molecule has 0 spiro atoms. The van der Waals surface area contributed by atoms with Crippen molar-refractivity contribution in [3.63, 3.8) is 0 Å². The maximum absolute atomic E-state index is 12.5. The minimum atomic E-state index is -4.72. The molecule has 0 fully saturated rings. The van der Waals surface area contributed by atoms with E-state index in [1.807, 2.05) is 12.2 Å². The van der Waals surface area contributed by atoms with Gasteiger partial charge in [-0.2, -0.15) is 0 Å². The van der Waals surface area contributed by atoms with Gasteiger partial charge in [0.25, 0.3) is 0 Å². The topological polar surface area (TPSA) is 172 Å². The van der Waals surface area contributed by atoms with Crippen LogP contribution in [0.3, 0.4) is 0 Å². The van der Waals surface area contributed by atoms with Gasteiger partial charge in [-0.3, -0.25) is 23.4 Å². The first-order valence-electron chi connectivity index (χ1n) is 19.7. The third-order valence-electron chi connectivity index (χ3n) is 8.08. The quantitative estimate of drug-likeness (QED) is 0.0241. The van der Waals surface area contributed by atoms with Crippen LogP contribution in [0.1, 0.15) is 155 Å². The Bertz CT molecular complexity index is 1070. The van der Waals surface area contributed by atoms with Crippen LogP contribution in [-0.4, -0.2) is 59.9 Å². The average molecular weight is 756 g/mol.